The van der Waals surface area contributed by atoms with Crippen molar-refractivity contribution in [1.29, 1.82) is 0 Å². The summed E-state index contributed by atoms with van der Waals surface area (Å²) in [6, 6.07) is 20.9. The first-order valence-electron chi connectivity index (χ1n) is 8.01. The van der Waals surface area contributed by atoms with Crippen LogP contribution in [0.25, 0.3) is 11.1 Å². The molecule has 3 aromatic carbocycles. The Hall–Kier alpha value is -3.67. The van der Waals surface area contributed by atoms with Crippen LogP contribution in [-0.4, -0.2) is 10.8 Å². The summed E-state index contributed by atoms with van der Waals surface area (Å²) in [5.74, 6) is -0.482. The zero-order valence-electron chi connectivity index (χ0n) is 13.9. The Kier molecular flexibility index (Phi) is 4.94. The minimum Gasteiger partial charge on any atom is -0.399 e. The fourth-order valence-corrected chi connectivity index (χ4v) is 2.60. The number of nitro groups is 1. The number of carbonyl (C=O) groups excluding carboxylic acids is 1. The van der Waals surface area contributed by atoms with E-state index in [2.05, 4.69) is 5.32 Å². The van der Waals surface area contributed by atoms with Crippen LogP contribution in [0.5, 0.6) is 0 Å². The molecule has 0 bridgehead atoms. The fraction of sp³-hybridized carbons (Fsp3) is 0.0500. The lowest BCUT2D eigenvalue weighted by molar-refractivity contribution is -0.385. The molecule has 3 N–H and O–H groups in total. The van der Waals surface area contributed by atoms with E-state index in [1.54, 1.807) is 30.3 Å². The van der Waals surface area contributed by atoms with E-state index in [-0.39, 0.29) is 11.3 Å². The molecule has 0 unspecified atom stereocenters. The summed E-state index contributed by atoms with van der Waals surface area (Å²) in [6.07, 6.45) is 0. The van der Waals surface area contributed by atoms with Crippen LogP contribution in [0.1, 0.15) is 15.9 Å². The maximum Gasteiger partial charge on any atom is 0.282 e. The number of nitrogens with zero attached hydrogens (tertiary/aromatic N) is 1. The van der Waals surface area contributed by atoms with E-state index in [4.69, 9.17) is 5.73 Å². The summed E-state index contributed by atoms with van der Waals surface area (Å²) in [6.45, 7) is 0.302. The van der Waals surface area contributed by atoms with Gasteiger partial charge in [-0.25, -0.2) is 0 Å². The van der Waals surface area contributed by atoms with Gasteiger partial charge in [0.1, 0.15) is 5.56 Å². The number of nitrogens with one attached hydrogen (secondary N) is 1. The summed E-state index contributed by atoms with van der Waals surface area (Å²) in [7, 11) is 0. The van der Waals surface area contributed by atoms with Gasteiger partial charge < -0.3 is 11.1 Å². The second-order valence-corrected chi connectivity index (χ2v) is 5.78. The van der Waals surface area contributed by atoms with Gasteiger partial charge in [-0.05, 0) is 34.9 Å². The monoisotopic (exact) mass is 347 g/mol. The summed E-state index contributed by atoms with van der Waals surface area (Å²) in [4.78, 5) is 23.3. The van der Waals surface area contributed by atoms with Gasteiger partial charge in [-0.1, -0.05) is 48.5 Å². The molecule has 1 amide bonds. The first kappa shape index (κ1) is 17.2. The van der Waals surface area contributed by atoms with Crippen molar-refractivity contribution in [3.63, 3.8) is 0 Å². The first-order valence-corrected chi connectivity index (χ1v) is 8.01. The van der Waals surface area contributed by atoms with Crippen molar-refractivity contribution < 1.29 is 9.72 Å². The zero-order valence-corrected chi connectivity index (χ0v) is 13.9. The van der Waals surface area contributed by atoms with E-state index in [1.165, 1.54) is 12.1 Å². The number of hydrogen-bond acceptors (Lipinski definition) is 4. The number of amides is 1. The Morgan fingerprint density at radius 1 is 0.962 bits per heavy atom. The van der Waals surface area contributed by atoms with E-state index in [0.29, 0.717) is 17.8 Å². The molecule has 26 heavy (non-hydrogen) atoms. The van der Waals surface area contributed by atoms with Crippen LogP contribution in [0.3, 0.4) is 0 Å². The summed E-state index contributed by atoms with van der Waals surface area (Å²) >= 11 is 0. The third kappa shape index (κ3) is 3.87. The summed E-state index contributed by atoms with van der Waals surface area (Å²) in [5.41, 5.74) is 8.44. The number of nitrogens with two attached hydrogens (primary N) is 1. The third-order valence-electron chi connectivity index (χ3n) is 3.98. The van der Waals surface area contributed by atoms with Crippen molar-refractivity contribution in [2.24, 2.45) is 0 Å². The molecule has 0 saturated heterocycles. The molecule has 6 heteroatoms. The highest BCUT2D eigenvalue weighted by molar-refractivity contribution is 5.98. The number of hydrogen-bond donors (Lipinski definition) is 2. The SMILES string of the molecule is Nc1ccc(-c2ccc(C(=O)NCc3ccccc3)c([N+](=O)[O-])c2)cc1. The van der Waals surface area contributed by atoms with Crippen molar-refractivity contribution in [3.05, 3.63) is 94.0 Å². The average Bonchev–Trinajstić information content (AvgIpc) is 2.67. The van der Waals surface area contributed by atoms with Gasteiger partial charge in [0, 0.05) is 18.3 Å². The molecule has 3 rings (SSSR count). The van der Waals surface area contributed by atoms with Crippen LogP contribution in [0, 0.1) is 10.1 Å². The Bertz CT molecular complexity index is 938. The minimum atomic E-state index is -0.543. The molecule has 130 valence electrons. The molecule has 0 atom stereocenters. The van der Waals surface area contributed by atoms with Crippen molar-refractivity contribution in [2.75, 3.05) is 5.73 Å². The number of nitrogen functional groups attached to an aromatic ring is 1. The van der Waals surface area contributed by atoms with Crippen molar-refractivity contribution in [2.45, 2.75) is 6.54 Å². The van der Waals surface area contributed by atoms with E-state index in [9.17, 15) is 14.9 Å². The van der Waals surface area contributed by atoms with Gasteiger partial charge in [0.25, 0.3) is 11.6 Å². The van der Waals surface area contributed by atoms with Crippen molar-refractivity contribution in [1.82, 2.24) is 5.32 Å². The Labute approximate surface area is 150 Å². The summed E-state index contributed by atoms with van der Waals surface area (Å²) < 4.78 is 0. The lowest BCUT2D eigenvalue weighted by Gasteiger charge is -2.08. The van der Waals surface area contributed by atoms with Gasteiger partial charge in [-0.15, -0.1) is 0 Å². The largest absolute Gasteiger partial charge is 0.399 e. The molecule has 0 saturated carbocycles. The lowest BCUT2D eigenvalue weighted by atomic mass is 10.0. The molecular weight excluding hydrogens is 330 g/mol. The number of rotatable bonds is 5. The van der Waals surface area contributed by atoms with Crippen LogP contribution in [-0.2, 0) is 6.54 Å². The van der Waals surface area contributed by atoms with Crippen LogP contribution >= 0.6 is 0 Å². The Morgan fingerprint density at radius 3 is 2.27 bits per heavy atom. The molecule has 0 aliphatic carbocycles. The highest BCUT2D eigenvalue weighted by Crippen LogP contribution is 2.28. The molecule has 3 aromatic rings. The molecule has 0 aromatic heterocycles. The molecule has 0 radical (unpaired) electrons. The molecule has 0 fully saturated rings. The number of carbonyl (C=O) groups is 1. The quantitative estimate of drug-likeness (QED) is 0.417. The maximum atomic E-state index is 12.4. The first-order chi connectivity index (χ1) is 12.5. The number of nitro benzene ring substituents is 1. The third-order valence-corrected chi connectivity index (χ3v) is 3.98. The summed E-state index contributed by atoms with van der Waals surface area (Å²) in [5, 5.41) is 14.2. The van der Waals surface area contributed by atoms with Gasteiger partial charge >= 0.3 is 0 Å². The van der Waals surface area contributed by atoms with Gasteiger partial charge in [0.05, 0.1) is 4.92 Å². The van der Waals surface area contributed by atoms with Crippen LogP contribution < -0.4 is 11.1 Å². The molecule has 0 aliphatic rings. The molecule has 0 aliphatic heterocycles. The predicted molar refractivity (Wildman–Crippen MR) is 101 cm³/mol. The second-order valence-electron chi connectivity index (χ2n) is 5.78. The molecular formula is C20H17N3O3. The van der Waals surface area contributed by atoms with Gasteiger partial charge in [0.2, 0.25) is 0 Å². The van der Waals surface area contributed by atoms with Crippen LogP contribution in [0.15, 0.2) is 72.8 Å². The number of anilines is 1. The minimum absolute atomic E-state index is 0.0325. The fourth-order valence-electron chi connectivity index (χ4n) is 2.60. The molecule has 6 nitrogen and oxygen atoms in total. The van der Waals surface area contributed by atoms with Gasteiger partial charge in [-0.3, -0.25) is 14.9 Å². The van der Waals surface area contributed by atoms with E-state index in [0.717, 1.165) is 11.1 Å². The average molecular weight is 347 g/mol. The van der Waals surface area contributed by atoms with Crippen molar-refractivity contribution >= 4 is 17.3 Å². The van der Waals surface area contributed by atoms with Crippen LogP contribution in [0.4, 0.5) is 11.4 Å². The lowest BCUT2D eigenvalue weighted by Crippen LogP contribution is -2.23. The zero-order chi connectivity index (χ0) is 18.5. The predicted octanol–water partition coefficient (Wildman–Crippen LogP) is 3.77. The Morgan fingerprint density at radius 2 is 1.62 bits per heavy atom. The standard InChI is InChI=1S/C20H17N3O3/c21-17-9-6-15(7-10-17)16-8-11-18(19(12-16)23(25)26)20(24)22-13-14-4-2-1-3-5-14/h1-12H,13,21H2,(H,22,24). The van der Waals surface area contributed by atoms with Crippen molar-refractivity contribution in [3.8, 4) is 11.1 Å². The maximum absolute atomic E-state index is 12.4. The Balaban J connectivity index is 1.85. The van der Waals surface area contributed by atoms with E-state index in [1.807, 2.05) is 30.3 Å². The van der Waals surface area contributed by atoms with E-state index < -0.39 is 10.8 Å². The van der Waals surface area contributed by atoms with Gasteiger partial charge in [-0.2, -0.15) is 0 Å². The van der Waals surface area contributed by atoms with Gasteiger partial charge in [0.15, 0.2) is 0 Å². The normalized spacial score (nSPS) is 10.3. The molecule has 0 spiro atoms. The topological polar surface area (TPSA) is 98.3 Å². The highest BCUT2D eigenvalue weighted by Gasteiger charge is 2.21. The number of benzene rings is 3. The smallest absolute Gasteiger partial charge is 0.282 e. The second kappa shape index (κ2) is 7.48. The molecule has 0 heterocycles. The van der Waals surface area contributed by atoms with E-state index >= 15 is 0 Å². The highest BCUT2D eigenvalue weighted by atomic mass is 16.6. The van der Waals surface area contributed by atoms with Crippen LogP contribution in [0.2, 0.25) is 0 Å².